The highest BCUT2D eigenvalue weighted by Crippen LogP contribution is 2.18. The minimum absolute atomic E-state index is 0.0476. The molecular formula is C16H15BrFN3O4S. The number of nitrogens with one attached hydrogen (secondary N) is 2. The van der Waals surface area contributed by atoms with Gasteiger partial charge in [0.15, 0.2) is 0 Å². The van der Waals surface area contributed by atoms with Crippen molar-refractivity contribution in [1.29, 1.82) is 0 Å². The topological polar surface area (TPSA) is 95.6 Å². The molecule has 0 radical (unpaired) electrons. The summed E-state index contributed by atoms with van der Waals surface area (Å²) in [5, 5.41) is 0. The van der Waals surface area contributed by atoms with Gasteiger partial charge in [-0.2, -0.15) is 0 Å². The second-order valence-electron chi connectivity index (χ2n) is 5.35. The number of benzene rings is 2. The third-order valence-corrected chi connectivity index (χ3v) is 5.81. The van der Waals surface area contributed by atoms with Gasteiger partial charge in [0, 0.05) is 24.1 Å². The maximum Gasteiger partial charge on any atom is 0.270 e. The fourth-order valence-electron chi connectivity index (χ4n) is 1.94. The molecule has 26 heavy (non-hydrogen) atoms. The highest BCUT2D eigenvalue weighted by molar-refractivity contribution is 9.10. The molecule has 0 bridgehead atoms. The van der Waals surface area contributed by atoms with E-state index in [9.17, 15) is 22.4 Å². The first kappa shape index (κ1) is 20.0. The van der Waals surface area contributed by atoms with E-state index in [0.717, 1.165) is 16.4 Å². The van der Waals surface area contributed by atoms with E-state index >= 15 is 0 Å². The molecule has 10 heteroatoms. The maximum atomic E-state index is 13.1. The molecule has 0 aliphatic carbocycles. The van der Waals surface area contributed by atoms with Gasteiger partial charge in [-0.3, -0.25) is 20.4 Å². The van der Waals surface area contributed by atoms with Crippen LogP contribution in [0.5, 0.6) is 0 Å². The molecule has 0 saturated heterocycles. The zero-order valence-corrected chi connectivity index (χ0v) is 16.2. The van der Waals surface area contributed by atoms with Crippen LogP contribution >= 0.6 is 15.9 Å². The summed E-state index contributed by atoms with van der Waals surface area (Å²) in [7, 11) is -0.937. The van der Waals surface area contributed by atoms with Crippen LogP contribution in [-0.2, 0) is 10.0 Å². The van der Waals surface area contributed by atoms with E-state index in [1.165, 1.54) is 44.4 Å². The molecule has 0 aliphatic rings. The number of carbonyl (C=O) groups excluding carboxylic acids is 2. The van der Waals surface area contributed by atoms with E-state index in [-0.39, 0.29) is 20.5 Å². The van der Waals surface area contributed by atoms with Gasteiger partial charge in [-0.1, -0.05) is 6.07 Å². The zero-order chi connectivity index (χ0) is 19.5. The molecule has 0 atom stereocenters. The van der Waals surface area contributed by atoms with Crippen molar-refractivity contribution in [2.24, 2.45) is 0 Å². The number of carbonyl (C=O) groups is 2. The third-order valence-electron chi connectivity index (χ3n) is 3.34. The average Bonchev–Trinajstić information content (AvgIpc) is 2.59. The second kappa shape index (κ2) is 7.94. The Kier molecular flexibility index (Phi) is 6.11. The lowest BCUT2D eigenvalue weighted by atomic mass is 10.2. The third kappa shape index (κ3) is 4.45. The first-order valence-electron chi connectivity index (χ1n) is 7.21. The zero-order valence-electron chi connectivity index (χ0n) is 13.8. The monoisotopic (exact) mass is 443 g/mol. The molecule has 0 heterocycles. The van der Waals surface area contributed by atoms with Gasteiger partial charge in [-0.15, -0.1) is 0 Å². The lowest BCUT2D eigenvalue weighted by Gasteiger charge is -2.12. The minimum Gasteiger partial charge on any atom is -0.267 e. The molecule has 2 aromatic rings. The number of hydrazine groups is 1. The molecule has 2 amide bonds. The molecule has 138 valence electrons. The van der Waals surface area contributed by atoms with E-state index in [2.05, 4.69) is 26.8 Å². The highest BCUT2D eigenvalue weighted by atomic mass is 79.9. The van der Waals surface area contributed by atoms with Crippen LogP contribution in [0, 0.1) is 5.82 Å². The number of amides is 2. The summed E-state index contributed by atoms with van der Waals surface area (Å²) in [6.07, 6.45) is 0. The molecule has 0 saturated carbocycles. The predicted molar refractivity (Wildman–Crippen MR) is 96.3 cm³/mol. The van der Waals surface area contributed by atoms with Gasteiger partial charge < -0.3 is 0 Å². The lowest BCUT2D eigenvalue weighted by molar-refractivity contribution is 0.0846. The molecule has 7 nitrogen and oxygen atoms in total. The molecule has 0 unspecified atom stereocenters. The van der Waals surface area contributed by atoms with Gasteiger partial charge in [-0.05, 0) is 52.3 Å². The number of sulfonamides is 1. The smallest absolute Gasteiger partial charge is 0.267 e. The number of hydrogen-bond donors (Lipinski definition) is 2. The van der Waals surface area contributed by atoms with Gasteiger partial charge in [0.2, 0.25) is 10.0 Å². The predicted octanol–water partition coefficient (Wildman–Crippen LogP) is 1.91. The normalized spacial score (nSPS) is 11.3. The molecule has 2 aromatic carbocycles. The first-order valence-corrected chi connectivity index (χ1v) is 9.44. The van der Waals surface area contributed by atoms with Crippen molar-refractivity contribution in [3.63, 3.8) is 0 Å². The van der Waals surface area contributed by atoms with Crippen molar-refractivity contribution in [3.05, 3.63) is 63.9 Å². The molecule has 0 fully saturated rings. The van der Waals surface area contributed by atoms with Crippen molar-refractivity contribution in [1.82, 2.24) is 15.2 Å². The minimum atomic E-state index is -3.69. The summed E-state index contributed by atoms with van der Waals surface area (Å²) in [5.41, 5.74) is 4.54. The standard InChI is InChI=1S/C16H15BrFN3O4S/c1-21(2)26(24,25)12-5-3-4-10(8-12)15(22)19-20-16(23)13-7-6-11(18)9-14(13)17/h3-9H,1-2H3,(H,19,22)(H,20,23). The molecule has 0 aromatic heterocycles. The van der Waals surface area contributed by atoms with Crippen molar-refractivity contribution in [3.8, 4) is 0 Å². The lowest BCUT2D eigenvalue weighted by Crippen LogP contribution is -2.41. The Bertz CT molecular complexity index is 964. The summed E-state index contributed by atoms with van der Waals surface area (Å²) in [4.78, 5) is 24.2. The number of halogens is 2. The summed E-state index contributed by atoms with van der Waals surface area (Å²) >= 11 is 3.06. The van der Waals surface area contributed by atoms with Crippen molar-refractivity contribution < 1.29 is 22.4 Å². The van der Waals surface area contributed by atoms with Crippen molar-refractivity contribution in [2.75, 3.05) is 14.1 Å². The summed E-state index contributed by atoms with van der Waals surface area (Å²) in [6, 6.07) is 8.87. The van der Waals surface area contributed by atoms with Crippen LogP contribution in [0.25, 0.3) is 0 Å². The van der Waals surface area contributed by atoms with Crippen LogP contribution < -0.4 is 10.9 Å². The SMILES string of the molecule is CN(C)S(=O)(=O)c1cccc(C(=O)NNC(=O)c2ccc(F)cc2Br)c1. The highest BCUT2D eigenvalue weighted by Gasteiger charge is 2.19. The van der Waals surface area contributed by atoms with E-state index in [0.29, 0.717) is 0 Å². The van der Waals surface area contributed by atoms with E-state index in [1.807, 2.05) is 0 Å². The fraction of sp³-hybridized carbons (Fsp3) is 0.125. The van der Waals surface area contributed by atoms with Crippen LogP contribution in [-0.4, -0.2) is 38.6 Å². The Morgan fingerprint density at radius 1 is 1.04 bits per heavy atom. The van der Waals surface area contributed by atoms with E-state index < -0.39 is 27.7 Å². The van der Waals surface area contributed by atoms with Crippen LogP contribution in [0.1, 0.15) is 20.7 Å². The quantitative estimate of drug-likeness (QED) is 0.705. The Hall–Kier alpha value is -2.30. The fourth-order valence-corrected chi connectivity index (χ4v) is 3.41. The van der Waals surface area contributed by atoms with Crippen LogP contribution in [0.15, 0.2) is 51.8 Å². The van der Waals surface area contributed by atoms with Crippen LogP contribution in [0.4, 0.5) is 4.39 Å². The summed E-state index contributed by atoms with van der Waals surface area (Å²) in [5.74, 6) is -1.88. The van der Waals surface area contributed by atoms with E-state index in [1.54, 1.807) is 0 Å². The number of rotatable bonds is 4. The number of hydrogen-bond acceptors (Lipinski definition) is 4. The van der Waals surface area contributed by atoms with Gasteiger partial charge >= 0.3 is 0 Å². The van der Waals surface area contributed by atoms with Crippen LogP contribution in [0.3, 0.4) is 0 Å². The summed E-state index contributed by atoms with van der Waals surface area (Å²) < 4.78 is 38.5. The Morgan fingerprint density at radius 2 is 1.69 bits per heavy atom. The first-order chi connectivity index (χ1) is 12.1. The molecule has 0 aliphatic heterocycles. The molecule has 0 spiro atoms. The van der Waals surface area contributed by atoms with Gasteiger partial charge in [0.1, 0.15) is 5.82 Å². The van der Waals surface area contributed by atoms with Crippen LogP contribution in [0.2, 0.25) is 0 Å². The van der Waals surface area contributed by atoms with Gasteiger partial charge in [0.25, 0.3) is 11.8 Å². The van der Waals surface area contributed by atoms with Crippen molar-refractivity contribution >= 4 is 37.8 Å². The average molecular weight is 444 g/mol. The summed E-state index contributed by atoms with van der Waals surface area (Å²) in [6.45, 7) is 0. The Morgan fingerprint density at radius 3 is 2.31 bits per heavy atom. The molecular weight excluding hydrogens is 429 g/mol. The largest absolute Gasteiger partial charge is 0.270 e. The number of nitrogens with zero attached hydrogens (tertiary/aromatic N) is 1. The molecule has 2 rings (SSSR count). The Labute approximate surface area is 158 Å². The van der Waals surface area contributed by atoms with Crippen molar-refractivity contribution in [2.45, 2.75) is 4.90 Å². The molecule has 2 N–H and O–H groups in total. The van der Waals surface area contributed by atoms with Gasteiger partial charge in [0.05, 0.1) is 10.5 Å². The van der Waals surface area contributed by atoms with E-state index in [4.69, 9.17) is 0 Å². The second-order valence-corrected chi connectivity index (χ2v) is 8.35. The maximum absolute atomic E-state index is 13.1. The van der Waals surface area contributed by atoms with Gasteiger partial charge in [-0.25, -0.2) is 17.1 Å². The Balaban J connectivity index is 2.12.